The van der Waals surface area contributed by atoms with Crippen molar-refractivity contribution in [1.29, 1.82) is 0 Å². The van der Waals surface area contributed by atoms with Crippen LogP contribution in [0.5, 0.6) is 5.75 Å². The van der Waals surface area contributed by atoms with Crippen molar-refractivity contribution in [3.05, 3.63) is 65.0 Å². The highest BCUT2D eigenvalue weighted by Crippen LogP contribution is 2.34. The normalized spacial score (nSPS) is 20.5. The Morgan fingerprint density at radius 3 is 2.84 bits per heavy atom. The van der Waals surface area contributed by atoms with E-state index in [0.717, 1.165) is 5.56 Å². The second-order valence-electron chi connectivity index (χ2n) is 7.98. The highest BCUT2D eigenvalue weighted by molar-refractivity contribution is 5.98. The van der Waals surface area contributed by atoms with E-state index in [1.165, 1.54) is 11.0 Å². The zero-order valence-electron chi connectivity index (χ0n) is 17.2. The summed E-state index contributed by atoms with van der Waals surface area (Å²) in [5.74, 6) is -0.685. The van der Waals surface area contributed by atoms with E-state index in [1.54, 1.807) is 30.3 Å². The largest absolute Gasteiger partial charge is 0.467 e. The quantitative estimate of drug-likeness (QED) is 0.787. The standard InChI is InChI=1S/C23H24FN3O4/c1-15-6-7-19-17(12-15)22(30)26-23(31-19)9-8-21(29)27(11-10-23)14-20(28)25-13-16-4-2-3-5-18(16)24/h2-7,12H,8-11,13-14H2,1H3,(H,25,28)(H,26,30)/t23-/m1/s1. The first-order valence-corrected chi connectivity index (χ1v) is 10.3. The van der Waals surface area contributed by atoms with Crippen LogP contribution in [0.3, 0.4) is 0 Å². The van der Waals surface area contributed by atoms with Gasteiger partial charge in [0.1, 0.15) is 11.6 Å². The lowest BCUT2D eigenvalue weighted by atomic mass is 9.99. The van der Waals surface area contributed by atoms with E-state index in [2.05, 4.69) is 10.6 Å². The van der Waals surface area contributed by atoms with Gasteiger partial charge in [-0.3, -0.25) is 14.4 Å². The summed E-state index contributed by atoms with van der Waals surface area (Å²) < 4.78 is 19.8. The summed E-state index contributed by atoms with van der Waals surface area (Å²) in [7, 11) is 0. The summed E-state index contributed by atoms with van der Waals surface area (Å²) in [6.07, 6.45) is 0.818. The Labute approximate surface area is 179 Å². The fraction of sp³-hybridized carbons (Fsp3) is 0.348. The van der Waals surface area contributed by atoms with Gasteiger partial charge in [-0.1, -0.05) is 29.8 Å². The molecule has 0 aromatic heterocycles. The maximum Gasteiger partial charge on any atom is 0.258 e. The van der Waals surface area contributed by atoms with Gasteiger partial charge in [-0.05, 0) is 25.1 Å². The van der Waals surface area contributed by atoms with Crippen LogP contribution in [-0.4, -0.2) is 41.4 Å². The van der Waals surface area contributed by atoms with Gasteiger partial charge in [-0.2, -0.15) is 0 Å². The SMILES string of the molecule is Cc1ccc2c(c1)C(=O)N[C@]1(CCC(=O)N(CC(=O)NCc3ccccc3F)CC1)O2. The maximum atomic E-state index is 13.7. The fourth-order valence-electron chi connectivity index (χ4n) is 3.91. The predicted octanol–water partition coefficient (Wildman–Crippen LogP) is 2.28. The maximum absolute atomic E-state index is 13.7. The number of fused-ring (bicyclic) bond motifs is 1. The van der Waals surface area contributed by atoms with Crippen molar-refractivity contribution >= 4 is 17.7 Å². The number of hydrogen-bond donors (Lipinski definition) is 2. The van der Waals surface area contributed by atoms with Crippen molar-refractivity contribution in [3.63, 3.8) is 0 Å². The minimum Gasteiger partial charge on any atom is -0.467 e. The lowest BCUT2D eigenvalue weighted by Gasteiger charge is -2.38. The van der Waals surface area contributed by atoms with Crippen LogP contribution in [0.25, 0.3) is 0 Å². The number of nitrogens with one attached hydrogen (secondary N) is 2. The fourth-order valence-corrected chi connectivity index (χ4v) is 3.91. The predicted molar refractivity (Wildman–Crippen MR) is 111 cm³/mol. The number of nitrogens with zero attached hydrogens (tertiary/aromatic N) is 1. The zero-order chi connectivity index (χ0) is 22.0. The van der Waals surface area contributed by atoms with E-state index in [0.29, 0.717) is 29.7 Å². The van der Waals surface area contributed by atoms with Crippen LogP contribution in [0, 0.1) is 12.7 Å². The third-order valence-corrected chi connectivity index (χ3v) is 5.68. The molecule has 31 heavy (non-hydrogen) atoms. The Hall–Kier alpha value is -3.42. The van der Waals surface area contributed by atoms with E-state index in [9.17, 15) is 18.8 Å². The van der Waals surface area contributed by atoms with E-state index >= 15 is 0 Å². The van der Waals surface area contributed by atoms with Gasteiger partial charge in [0.2, 0.25) is 11.8 Å². The smallest absolute Gasteiger partial charge is 0.258 e. The van der Waals surface area contributed by atoms with Crippen LogP contribution in [-0.2, 0) is 16.1 Å². The number of amides is 3. The molecule has 0 unspecified atom stereocenters. The summed E-state index contributed by atoms with van der Waals surface area (Å²) in [6, 6.07) is 11.6. The molecule has 0 bridgehead atoms. The summed E-state index contributed by atoms with van der Waals surface area (Å²) >= 11 is 0. The average molecular weight is 425 g/mol. The highest BCUT2D eigenvalue weighted by atomic mass is 19.1. The number of carbonyl (C=O) groups excluding carboxylic acids is 3. The number of hydrogen-bond acceptors (Lipinski definition) is 4. The summed E-state index contributed by atoms with van der Waals surface area (Å²) in [5, 5.41) is 5.57. The lowest BCUT2D eigenvalue weighted by Crippen LogP contribution is -2.56. The molecule has 1 fully saturated rings. The third-order valence-electron chi connectivity index (χ3n) is 5.68. The van der Waals surface area contributed by atoms with Crippen molar-refractivity contribution in [3.8, 4) is 5.75 Å². The van der Waals surface area contributed by atoms with Crippen LogP contribution in [0.4, 0.5) is 4.39 Å². The van der Waals surface area contributed by atoms with Crippen molar-refractivity contribution in [2.45, 2.75) is 38.5 Å². The number of halogens is 1. The van der Waals surface area contributed by atoms with Crippen LogP contribution in [0.2, 0.25) is 0 Å². The number of likely N-dealkylation sites (tertiary alicyclic amines) is 1. The first-order valence-electron chi connectivity index (χ1n) is 10.3. The second-order valence-corrected chi connectivity index (χ2v) is 7.98. The first kappa shape index (κ1) is 20.8. The average Bonchev–Trinajstić information content (AvgIpc) is 2.88. The molecule has 4 rings (SSSR count). The third kappa shape index (κ3) is 4.52. The van der Waals surface area contributed by atoms with Crippen molar-refractivity contribution < 1.29 is 23.5 Å². The van der Waals surface area contributed by atoms with Gasteiger partial charge in [-0.15, -0.1) is 0 Å². The van der Waals surface area contributed by atoms with Crippen molar-refractivity contribution in [1.82, 2.24) is 15.5 Å². The van der Waals surface area contributed by atoms with Gasteiger partial charge in [0.15, 0.2) is 5.72 Å². The van der Waals surface area contributed by atoms with Crippen LogP contribution >= 0.6 is 0 Å². The van der Waals surface area contributed by atoms with E-state index in [-0.39, 0.29) is 43.8 Å². The van der Waals surface area contributed by atoms with Gasteiger partial charge in [0.25, 0.3) is 5.91 Å². The van der Waals surface area contributed by atoms with Gasteiger partial charge in [-0.25, -0.2) is 4.39 Å². The molecule has 162 valence electrons. The van der Waals surface area contributed by atoms with Crippen molar-refractivity contribution in [2.75, 3.05) is 13.1 Å². The number of rotatable bonds is 4. The minimum atomic E-state index is -0.979. The molecule has 0 saturated carbocycles. The van der Waals surface area contributed by atoms with Crippen LogP contribution < -0.4 is 15.4 Å². The van der Waals surface area contributed by atoms with Crippen molar-refractivity contribution in [2.24, 2.45) is 0 Å². The van der Waals surface area contributed by atoms with Gasteiger partial charge in [0, 0.05) is 37.9 Å². The summed E-state index contributed by atoms with van der Waals surface area (Å²) in [4.78, 5) is 39.0. The minimum absolute atomic E-state index is 0.0485. The van der Waals surface area contributed by atoms with E-state index < -0.39 is 11.5 Å². The molecule has 2 N–H and O–H groups in total. The van der Waals surface area contributed by atoms with Gasteiger partial charge < -0.3 is 20.3 Å². The molecule has 8 heteroatoms. The number of ether oxygens (including phenoxy) is 1. The van der Waals surface area contributed by atoms with Crippen LogP contribution in [0.1, 0.15) is 40.7 Å². The molecule has 1 atom stereocenters. The molecule has 3 amide bonds. The van der Waals surface area contributed by atoms with E-state index in [4.69, 9.17) is 4.74 Å². The van der Waals surface area contributed by atoms with Gasteiger partial charge >= 0.3 is 0 Å². The molecule has 1 saturated heterocycles. The molecule has 7 nitrogen and oxygen atoms in total. The second kappa shape index (κ2) is 8.37. The molecule has 0 aliphatic carbocycles. The molecule has 2 aliphatic rings. The first-order chi connectivity index (χ1) is 14.8. The molecule has 2 aromatic carbocycles. The molecular weight excluding hydrogens is 401 g/mol. The molecular formula is C23H24FN3O4. The van der Waals surface area contributed by atoms with Crippen LogP contribution in [0.15, 0.2) is 42.5 Å². The summed E-state index contributed by atoms with van der Waals surface area (Å²) in [5.41, 5.74) is 0.833. The number of carbonyl (C=O) groups is 3. The Balaban J connectivity index is 1.39. The van der Waals surface area contributed by atoms with Gasteiger partial charge in [0.05, 0.1) is 12.1 Å². The Morgan fingerprint density at radius 2 is 2.03 bits per heavy atom. The lowest BCUT2D eigenvalue weighted by molar-refractivity contribution is -0.135. The molecule has 2 heterocycles. The Morgan fingerprint density at radius 1 is 1.23 bits per heavy atom. The molecule has 2 aliphatic heterocycles. The molecule has 0 radical (unpaired) electrons. The Kier molecular flexibility index (Phi) is 5.63. The number of aryl methyl sites for hydroxylation is 1. The number of benzene rings is 2. The molecule has 2 aromatic rings. The monoisotopic (exact) mass is 425 g/mol. The Bertz CT molecular complexity index is 1040. The van der Waals surface area contributed by atoms with E-state index in [1.807, 2.05) is 13.0 Å². The summed E-state index contributed by atoms with van der Waals surface area (Å²) in [6.45, 7) is 2.07. The topological polar surface area (TPSA) is 87.7 Å². The molecule has 1 spiro atoms. The highest BCUT2D eigenvalue weighted by Gasteiger charge is 2.42. The zero-order valence-corrected chi connectivity index (χ0v) is 17.2.